The molecule has 0 aromatic carbocycles. The highest BCUT2D eigenvalue weighted by Crippen LogP contribution is 2.18. The number of halogens is 1. The highest BCUT2D eigenvalue weighted by Gasteiger charge is 2.19. The van der Waals surface area contributed by atoms with Crippen LogP contribution >= 0.6 is 11.6 Å². The average Bonchev–Trinajstić information content (AvgIpc) is 2.29. The van der Waals surface area contributed by atoms with E-state index in [4.69, 9.17) is 16.3 Å². The van der Waals surface area contributed by atoms with Crippen molar-refractivity contribution in [2.45, 2.75) is 18.9 Å². The molecule has 0 unspecified atom stereocenters. The second kappa shape index (κ2) is 4.72. The van der Waals surface area contributed by atoms with Gasteiger partial charge in [0.05, 0.1) is 6.20 Å². The van der Waals surface area contributed by atoms with E-state index in [9.17, 15) is 0 Å². The summed E-state index contributed by atoms with van der Waals surface area (Å²) in [4.78, 5) is 6.21. The molecule has 0 N–H and O–H groups in total. The molecule has 1 aromatic heterocycles. The summed E-state index contributed by atoms with van der Waals surface area (Å²) < 4.78 is 5.31. The van der Waals surface area contributed by atoms with E-state index in [1.54, 1.807) is 6.20 Å². The van der Waals surface area contributed by atoms with Crippen LogP contribution in [0.5, 0.6) is 0 Å². The van der Waals surface area contributed by atoms with Crippen LogP contribution in [-0.2, 0) is 4.74 Å². The highest BCUT2D eigenvalue weighted by molar-refractivity contribution is 6.28. The topological polar surface area (TPSA) is 51.1 Å². The van der Waals surface area contributed by atoms with E-state index in [1.165, 1.54) is 0 Å². The largest absolute Gasteiger partial charge is 0.381 e. The molecule has 2 heterocycles. The molecule has 0 atom stereocenters. The molecule has 15 heavy (non-hydrogen) atoms. The Labute approximate surface area is 93.4 Å². The summed E-state index contributed by atoms with van der Waals surface area (Å²) in [5.41, 5.74) is 0. The van der Waals surface area contributed by atoms with Crippen LogP contribution < -0.4 is 4.90 Å². The zero-order chi connectivity index (χ0) is 10.7. The molecule has 0 aliphatic carbocycles. The average molecular weight is 229 g/mol. The third-order valence-electron chi connectivity index (χ3n) is 2.62. The summed E-state index contributed by atoms with van der Waals surface area (Å²) in [6.07, 6.45) is 3.65. The van der Waals surface area contributed by atoms with E-state index < -0.39 is 0 Å². The summed E-state index contributed by atoms with van der Waals surface area (Å²) in [7, 11) is 2.00. The molecule has 0 radical (unpaired) electrons. The van der Waals surface area contributed by atoms with Gasteiger partial charge in [-0.05, 0) is 24.4 Å². The summed E-state index contributed by atoms with van der Waals surface area (Å²) in [6.45, 7) is 1.61. The van der Waals surface area contributed by atoms with Gasteiger partial charge in [0.2, 0.25) is 5.28 Å². The second-order valence-electron chi connectivity index (χ2n) is 3.54. The van der Waals surface area contributed by atoms with Crippen molar-refractivity contribution in [1.82, 2.24) is 15.2 Å². The zero-order valence-electron chi connectivity index (χ0n) is 8.56. The highest BCUT2D eigenvalue weighted by atomic mass is 35.5. The first-order valence-electron chi connectivity index (χ1n) is 4.93. The van der Waals surface area contributed by atoms with Gasteiger partial charge in [-0.3, -0.25) is 0 Å². The molecule has 0 spiro atoms. The minimum atomic E-state index is 0.186. The van der Waals surface area contributed by atoms with Crippen molar-refractivity contribution in [3.63, 3.8) is 0 Å². The number of rotatable bonds is 2. The number of hydrogen-bond acceptors (Lipinski definition) is 5. The smallest absolute Gasteiger partial charge is 0.244 e. The van der Waals surface area contributed by atoms with Crippen LogP contribution in [-0.4, -0.2) is 41.5 Å². The Morgan fingerprint density at radius 3 is 2.87 bits per heavy atom. The van der Waals surface area contributed by atoms with Gasteiger partial charge in [-0.2, -0.15) is 10.1 Å². The summed E-state index contributed by atoms with van der Waals surface area (Å²) in [5.74, 6) is 0.766. The monoisotopic (exact) mass is 228 g/mol. The van der Waals surface area contributed by atoms with Gasteiger partial charge in [0.15, 0.2) is 5.82 Å². The second-order valence-corrected chi connectivity index (χ2v) is 3.88. The van der Waals surface area contributed by atoms with Gasteiger partial charge in [-0.15, -0.1) is 5.10 Å². The van der Waals surface area contributed by atoms with Crippen molar-refractivity contribution in [2.75, 3.05) is 25.2 Å². The van der Waals surface area contributed by atoms with Crippen molar-refractivity contribution < 1.29 is 4.74 Å². The Morgan fingerprint density at radius 1 is 1.47 bits per heavy atom. The number of anilines is 1. The zero-order valence-corrected chi connectivity index (χ0v) is 9.31. The van der Waals surface area contributed by atoms with Crippen molar-refractivity contribution >= 4 is 17.4 Å². The maximum Gasteiger partial charge on any atom is 0.244 e. The van der Waals surface area contributed by atoms with E-state index >= 15 is 0 Å². The molecule has 5 nitrogen and oxygen atoms in total. The molecule has 1 saturated heterocycles. The first kappa shape index (κ1) is 10.6. The normalized spacial score (nSPS) is 17.7. The molecule has 1 aliphatic heterocycles. The van der Waals surface area contributed by atoms with E-state index in [1.807, 2.05) is 7.05 Å². The van der Waals surface area contributed by atoms with Gasteiger partial charge in [0.25, 0.3) is 0 Å². The third-order valence-corrected chi connectivity index (χ3v) is 2.78. The van der Waals surface area contributed by atoms with Crippen LogP contribution in [0.15, 0.2) is 6.20 Å². The first-order valence-corrected chi connectivity index (χ1v) is 5.31. The lowest BCUT2D eigenvalue weighted by atomic mass is 10.1. The van der Waals surface area contributed by atoms with Crippen molar-refractivity contribution in [3.8, 4) is 0 Å². The quantitative estimate of drug-likeness (QED) is 0.760. The lowest BCUT2D eigenvalue weighted by molar-refractivity contribution is 0.0853. The maximum atomic E-state index is 5.69. The minimum absolute atomic E-state index is 0.186. The number of nitrogens with zero attached hydrogens (tertiary/aromatic N) is 4. The Bertz CT molecular complexity index is 330. The Morgan fingerprint density at radius 2 is 2.20 bits per heavy atom. The molecule has 82 valence electrons. The van der Waals surface area contributed by atoms with E-state index in [0.717, 1.165) is 31.9 Å². The van der Waals surface area contributed by atoms with Crippen LogP contribution in [0.1, 0.15) is 12.8 Å². The molecule has 1 aromatic rings. The van der Waals surface area contributed by atoms with Gasteiger partial charge in [-0.25, -0.2) is 0 Å². The number of aromatic nitrogens is 3. The molecular formula is C9H13ClN4O. The van der Waals surface area contributed by atoms with Gasteiger partial charge in [0, 0.05) is 26.3 Å². The standard InChI is InChI=1S/C9H13ClN4O/c1-14(7-2-4-15-5-3-7)8-6-11-13-9(10)12-8/h6-7H,2-5H2,1H3. The fraction of sp³-hybridized carbons (Fsp3) is 0.667. The first-order chi connectivity index (χ1) is 7.27. The van der Waals surface area contributed by atoms with Crippen molar-refractivity contribution in [3.05, 3.63) is 11.5 Å². The van der Waals surface area contributed by atoms with E-state index in [-0.39, 0.29) is 5.28 Å². The van der Waals surface area contributed by atoms with Gasteiger partial charge in [-0.1, -0.05) is 0 Å². The van der Waals surface area contributed by atoms with Crippen molar-refractivity contribution in [2.24, 2.45) is 0 Å². The molecule has 0 amide bonds. The Kier molecular flexibility index (Phi) is 3.33. The predicted octanol–water partition coefficient (Wildman–Crippen LogP) is 1.14. The van der Waals surface area contributed by atoms with Crippen LogP contribution in [0.25, 0.3) is 0 Å². The fourth-order valence-corrected chi connectivity index (χ4v) is 1.83. The Balaban J connectivity index is 2.08. The molecule has 2 rings (SSSR count). The lowest BCUT2D eigenvalue weighted by Gasteiger charge is -2.31. The third kappa shape index (κ3) is 2.54. The molecular weight excluding hydrogens is 216 g/mol. The Hall–Kier alpha value is -0.940. The SMILES string of the molecule is CN(c1cnnc(Cl)n1)C1CCOCC1. The van der Waals surface area contributed by atoms with E-state index in [0.29, 0.717) is 6.04 Å². The van der Waals surface area contributed by atoms with Crippen LogP contribution in [0, 0.1) is 0 Å². The molecule has 1 aliphatic rings. The van der Waals surface area contributed by atoms with Gasteiger partial charge in [0.1, 0.15) is 0 Å². The van der Waals surface area contributed by atoms with Crippen LogP contribution in [0.3, 0.4) is 0 Å². The molecule has 6 heteroatoms. The molecule has 1 fully saturated rings. The summed E-state index contributed by atoms with van der Waals surface area (Å²) in [6, 6.07) is 0.450. The van der Waals surface area contributed by atoms with Crippen molar-refractivity contribution in [1.29, 1.82) is 0 Å². The maximum absolute atomic E-state index is 5.69. The van der Waals surface area contributed by atoms with Gasteiger partial charge < -0.3 is 9.64 Å². The number of hydrogen-bond donors (Lipinski definition) is 0. The number of ether oxygens (including phenoxy) is 1. The van der Waals surface area contributed by atoms with Crippen LogP contribution in [0.4, 0.5) is 5.82 Å². The fourth-order valence-electron chi connectivity index (χ4n) is 1.70. The summed E-state index contributed by atoms with van der Waals surface area (Å²) >= 11 is 5.69. The molecule has 0 bridgehead atoms. The minimum Gasteiger partial charge on any atom is -0.381 e. The van der Waals surface area contributed by atoms with E-state index in [2.05, 4.69) is 20.1 Å². The summed E-state index contributed by atoms with van der Waals surface area (Å²) in [5, 5.41) is 7.59. The molecule has 0 saturated carbocycles. The van der Waals surface area contributed by atoms with Crippen LogP contribution in [0.2, 0.25) is 5.28 Å². The predicted molar refractivity (Wildman–Crippen MR) is 57.1 cm³/mol. The lowest BCUT2D eigenvalue weighted by Crippen LogP contribution is -2.37. The van der Waals surface area contributed by atoms with Gasteiger partial charge >= 0.3 is 0 Å².